The van der Waals surface area contributed by atoms with Crippen molar-refractivity contribution in [2.75, 3.05) is 20.2 Å². The third-order valence-corrected chi connectivity index (χ3v) is 5.73. The third-order valence-electron chi connectivity index (χ3n) is 5.73. The minimum absolute atomic E-state index is 0.0494. The number of aromatic nitrogens is 2. The molecule has 32 heavy (non-hydrogen) atoms. The van der Waals surface area contributed by atoms with Gasteiger partial charge in [-0.05, 0) is 62.2 Å². The molecule has 0 aliphatic carbocycles. The van der Waals surface area contributed by atoms with Crippen LogP contribution in [0, 0.1) is 24.1 Å². The summed E-state index contributed by atoms with van der Waals surface area (Å²) >= 11 is 0. The smallest absolute Gasteiger partial charge is 0.274 e. The van der Waals surface area contributed by atoms with Gasteiger partial charge in [-0.25, -0.2) is 9.37 Å². The predicted molar refractivity (Wildman–Crippen MR) is 118 cm³/mol. The van der Waals surface area contributed by atoms with Crippen LogP contribution in [0.2, 0.25) is 0 Å². The number of hydrogen-bond donors (Lipinski definition) is 1. The van der Waals surface area contributed by atoms with Gasteiger partial charge in [0.1, 0.15) is 29.2 Å². The fourth-order valence-corrected chi connectivity index (χ4v) is 4.03. The molecule has 1 saturated heterocycles. The fourth-order valence-electron chi connectivity index (χ4n) is 4.03. The zero-order valence-electron chi connectivity index (χ0n) is 18.0. The first-order valence-corrected chi connectivity index (χ1v) is 10.4. The summed E-state index contributed by atoms with van der Waals surface area (Å²) in [6, 6.07) is 13.4. The van der Waals surface area contributed by atoms with Crippen LogP contribution < -0.4 is 10.5 Å². The summed E-state index contributed by atoms with van der Waals surface area (Å²) in [5.74, 6) is 0.277. The minimum Gasteiger partial charge on any atom is -0.497 e. The van der Waals surface area contributed by atoms with Crippen LogP contribution in [0.25, 0.3) is 17.1 Å². The van der Waals surface area contributed by atoms with Crippen molar-refractivity contribution in [2.24, 2.45) is 5.73 Å². The Hall–Kier alpha value is -3.70. The number of hydrogen-bond acceptors (Lipinski definition) is 5. The van der Waals surface area contributed by atoms with Gasteiger partial charge in [0.15, 0.2) is 0 Å². The van der Waals surface area contributed by atoms with E-state index < -0.39 is 5.82 Å². The van der Waals surface area contributed by atoms with Crippen LogP contribution in [0.5, 0.6) is 5.75 Å². The molecule has 0 unspecified atom stereocenters. The number of nitriles is 1. The van der Waals surface area contributed by atoms with E-state index in [-0.39, 0.29) is 17.5 Å². The van der Waals surface area contributed by atoms with Crippen molar-refractivity contribution in [1.29, 1.82) is 5.26 Å². The maximum atomic E-state index is 14.4. The van der Waals surface area contributed by atoms with Gasteiger partial charge in [0.05, 0.1) is 18.4 Å². The topological polar surface area (TPSA) is 97.2 Å². The van der Waals surface area contributed by atoms with Gasteiger partial charge in [-0.1, -0.05) is 0 Å². The number of carbonyl (C=O) groups excluding carboxylic acids is 1. The highest BCUT2D eigenvalue weighted by molar-refractivity contribution is 5.94. The van der Waals surface area contributed by atoms with Gasteiger partial charge in [-0.3, -0.25) is 9.36 Å². The zero-order chi connectivity index (χ0) is 22.8. The predicted octanol–water partition coefficient (Wildman–Crippen LogP) is 3.43. The standard InChI is InChI=1S/C24H24FN5O2/c1-15-22(24(31)29-11-3-4-18(27)14-29)28-23(16-5-6-17(13-26)21(25)12-16)30(15)19-7-9-20(32-2)10-8-19/h5-10,12,18H,3-4,11,14,27H2,1-2H3/t18-/m1/s1. The van der Waals surface area contributed by atoms with Gasteiger partial charge >= 0.3 is 0 Å². The highest BCUT2D eigenvalue weighted by atomic mass is 19.1. The van der Waals surface area contributed by atoms with E-state index in [1.54, 1.807) is 18.1 Å². The van der Waals surface area contributed by atoms with Gasteiger partial charge in [0.25, 0.3) is 5.91 Å². The Morgan fingerprint density at radius 3 is 2.66 bits per heavy atom. The number of piperidine rings is 1. The lowest BCUT2D eigenvalue weighted by molar-refractivity contribution is 0.0702. The van der Waals surface area contributed by atoms with Crippen molar-refractivity contribution in [1.82, 2.24) is 14.5 Å². The largest absolute Gasteiger partial charge is 0.497 e. The molecule has 3 aromatic rings. The molecule has 1 amide bonds. The second-order valence-electron chi connectivity index (χ2n) is 7.86. The molecule has 2 aromatic carbocycles. The number of halogens is 1. The molecule has 2 N–H and O–H groups in total. The average molecular weight is 433 g/mol. The monoisotopic (exact) mass is 433 g/mol. The van der Waals surface area contributed by atoms with Gasteiger partial charge in [-0.2, -0.15) is 5.26 Å². The van der Waals surface area contributed by atoms with E-state index in [1.165, 1.54) is 12.1 Å². The number of nitrogens with zero attached hydrogens (tertiary/aromatic N) is 4. The second kappa shape index (κ2) is 8.81. The van der Waals surface area contributed by atoms with Crippen molar-refractivity contribution in [2.45, 2.75) is 25.8 Å². The summed E-state index contributed by atoms with van der Waals surface area (Å²) < 4.78 is 21.5. The van der Waals surface area contributed by atoms with Crippen LogP contribution >= 0.6 is 0 Å². The van der Waals surface area contributed by atoms with Crippen LogP contribution in [0.4, 0.5) is 4.39 Å². The lowest BCUT2D eigenvalue weighted by Gasteiger charge is -2.30. The Labute approximate surface area is 185 Å². The maximum absolute atomic E-state index is 14.4. The molecular formula is C24H24FN5O2. The van der Waals surface area contributed by atoms with E-state index in [4.69, 9.17) is 15.7 Å². The third kappa shape index (κ3) is 3.95. The number of carbonyl (C=O) groups is 1. The molecule has 1 aliphatic rings. The SMILES string of the molecule is COc1ccc(-n2c(-c3ccc(C#N)c(F)c3)nc(C(=O)N3CCC[C@@H](N)C3)c2C)cc1. The van der Waals surface area contributed by atoms with E-state index in [0.29, 0.717) is 41.6 Å². The Morgan fingerprint density at radius 2 is 2.03 bits per heavy atom. The molecule has 0 radical (unpaired) electrons. The quantitative estimate of drug-likeness (QED) is 0.680. The number of amides is 1. The van der Waals surface area contributed by atoms with Crippen molar-refractivity contribution < 1.29 is 13.9 Å². The molecule has 0 saturated carbocycles. The van der Waals surface area contributed by atoms with E-state index in [0.717, 1.165) is 18.5 Å². The molecule has 1 fully saturated rings. The van der Waals surface area contributed by atoms with Crippen molar-refractivity contribution in [3.63, 3.8) is 0 Å². The highest BCUT2D eigenvalue weighted by Gasteiger charge is 2.28. The van der Waals surface area contributed by atoms with E-state index in [1.807, 2.05) is 41.8 Å². The van der Waals surface area contributed by atoms with E-state index >= 15 is 0 Å². The summed E-state index contributed by atoms with van der Waals surface area (Å²) in [5, 5.41) is 9.07. The average Bonchev–Trinajstić information content (AvgIpc) is 3.15. The highest BCUT2D eigenvalue weighted by Crippen LogP contribution is 2.29. The molecule has 1 atom stereocenters. The number of rotatable bonds is 4. The molecule has 1 aromatic heterocycles. The van der Waals surface area contributed by atoms with Crippen LogP contribution in [0.3, 0.4) is 0 Å². The number of benzene rings is 2. The molecule has 7 nitrogen and oxygen atoms in total. The summed E-state index contributed by atoms with van der Waals surface area (Å²) in [5.41, 5.74) is 8.18. The lowest BCUT2D eigenvalue weighted by atomic mass is 10.1. The van der Waals surface area contributed by atoms with Crippen molar-refractivity contribution >= 4 is 5.91 Å². The number of ether oxygens (including phenoxy) is 1. The molecule has 0 spiro atoms. The minimum atomic E-state index is -0.637. The fraction of sp³-hybridized carbons (Fsp3) is 0.292. The molecule has 164 valence electrons. The molecular weight excluding hydrogens is 409 g/mol. The van der Waals surface area contributed by atoms with Crippen molar-refractivity contribution in [3.8, 4) is 28.9 Å². The van der Waals surface area contributed by atoms with Crippen LogP contribution in [-0.2, 0) is 0 Å². The van der Waals surface area contributed by atoms with Crippen LogP contribution in [0.15, 0.2) is 42.5 Å². The number of imidazole rings is 1. The molecule has 8 heteroatoms. The summed E-state index contributed by atoms with van der Waals surface area (Å²) in [6.07, 6.45) is 1.73. The Balaban J connectivity index is 1.85. The first-order chi connectivity index (χ1) is 15.4. The molecule has 4 rings (SSSR count). The lowest BCUT2D eigenvalue weighted by Crippen LogP contribution is -2.46. The van der Waals surface area contributed by atoms with Gasteiger partial charge < -0.3 is 15.4 Å². The Kier molecular flexibility index (Phi) is 5.93. The van der Waals surface area contributed by atoms with E-state index in [2.05, 4.69) is 4.98 Å². The normalized spacial score (nSPS) is 16.0. The summed E-state index contributed by atoms with van der Waals surface area (Å²) in [6.45, 7) is 2.93. The van der Waals surface area contributed by atoms with Gasteiger partial charge in [0, 0.05) is 30.4 Å². The second-order valence-corrected chi connectivity index (χ2v) is 7.86. The van der Waals surface area contributed by atoms with Gasteiger partial charge in [0.2, 0.25) is 0 Å². The van der Waals surface area contributed by atoms with E-state index in [9.17, 15) is 9.18 Å². The van der Waals surface area contributed by atoms with Crippen molar-refractivity contribution in [3.05, 3.63) is 65.2 Å². The Bertz CT molecular complexity index is 1200. The molecule has 2 heterocycles. The first kappa shape index (κ1) is 21.5. The van der Waals surface area contributed by atoms with Crippen LogP contribution in [-0.4, -0.2) is 46.6 Å². The molecule has 0 bridgehead atoms. The molecule has 1 aliphatic heterocycles. The van der Waals surface area contributed by atoms with Gasteiger partial charge in [-0.15, -0.1) is 0 Å². The Morgan fingerprint density at radius 1 is 1.28 bits per heavy atom. The summed E-state index contributed by atoms with van der Waals surface area (Å²) in [4.78, 5) is 19.7. The van der Waals surface area contributed by atoms with Crippen LogP contribution in [0.1, 0.15) is 34.6 Å². The zero-order valence-corrected chi connectivity index (χ0v) is 18.0. The first-order valence-electron chi connectivity index (χ1n) is 10.4. The number of methoxy groups -OCH3 is 1. The number of likely N-dealkylation sites (tertiary alicyclic amines) is 1. The number of nitrogens with two attached hydrogens (primary N) is 1. The summed E-state index contributed by atoms with van der Waals surface area (Å²) in [7, 11) is 1.59. The maximum Gasteiger partial charge on any atom is 0.274 e.